The van der Waals surface area contributed by atoms with Crippen LogP contribution in [-0.2, 0) is 9.59 Å². The van der Waals surface area contributed by atoms with Gasteiger partial charge in [0.1, 0.15) is 5.75 Å². The van der Waals surface area contributed by atoms with Gasteiger partial charge in [0.05, 0.1) is 6.61 Å². The maximum absolute atomic E-state index is 11.4. The molecule has 5 heteroatoms. The van der Waals surface area contributed by atoms with Gasteiger partial charge in [-0.1, -0.05) is 32.4 Å². The topological polar surface area (TPSA) is 78.5 Å². The van der Waals surface area contributed by atoms with Crippen LogP contribution in [0.15, 0.2) is 24.3 Å². The van der Waals surface area contributed by atoms with Crippen LogP contribution in [0.3, 0.4) is 0 Å². The molecule has 1 aromatic carbocycles. The second-order valence-electron chi connectivity index (χ2n) is 6.06. The molecule has 128 valence electrons. The van der Waals surface area contributed by atoms with Gasteiger partial charge in [-0.2, -0.15) is 0 Å². The largest absolute Gasteiger partial charge is 0.549 e. The third-order valence-electron chi connectivity index (χ3n) is 3.68. The van der Waals surface area contributed by atoms with Crippen LogP contribution >= 0.6 is 0 Å². The van der Waals surface area contributed by atoms with Crippen LogP contribution in [0.1, 0.15) is 51.0 Å². The van der Waals surface area contributed by atoms with Gasteiger partial charge in [0, 0.05) is 25.4 Å². The number of carbonyl (C=O) groups excluding carboxylic acids is 2. The van der Waals surface area contributed by atoms with Crippen molar-refractivity contribution in [2.75, 3.05) is 13.7 Å². The van der Waals surface area contributed by atoms with Gasteiger partial charge >= 0.3 is 0 Å². The maximum atomic E-state index is 11.4. The molecule has 5 nitrogen and oxygen atoms in total. The van der Waals surface area contributed by atoms with Gasteiger partial charge in [0.15, 0.2) is 0 Å². The summed E-state index contributed by atoms with van der Waals surface area (Å²) >= 11 is 0. The van der Waals surface area contributed by atoms with Crippen molar-refractivity contribution < 1.29 is 19.4 Å². The number of benzene rings is 1. The van der Waals surface area contributed by atoms with Gasteiger partial charge in [-0.15, -0.1) is 0 Å². The maximum Gasteiger partial charge on any atom is 0.220 e. The molecule has 1 rings (SSSR count). The molecular formula is C18H26NO4-. The van der Waals surface area contributed by atoms with E-state index < -0.39 is 11.9 Å². The summed E-state index contributed by atoms with van der Waals surface area (Å²) < 4.78 is 5.64. The van der Waals surface area contributed by atoms with Crippen molar-refractivity contribution in [1.82, 2.24) is 5.32 Å². The Morgan fingerprint density at radius 2 is 1.83 bits per heavy atom. The van der Waals surface area contributed by atoms with E-state index in [0.717, 1.165) is 12.8 Å². The minimum absolute atomic E-state index is 0.131. The fourth-order valence-electron chi connectivity index (χ4n) is 2.27. The third kappa shape index (κ3) is 7.17. The van der Waals surface area contributed by atoms with E-state index in [2.05, 4.69) is 19.2 Å². The lowest BCUT2D eigenvalue weighted by Crippen LogP contribution is -2.33. The van der Waals surface area contributed by atoms with Crippen molar-refractivity contribution in [3.05, 3.63) is 29.8 Å². The van der Waals surface area contributed by atoms with Crippen LogP contribution in [0, 0.1) is 5.92 Å². The lowest BCUT2D eigenvalue weighted by atomic mass is 9.95. The van der Waals surface area contributed by atoms with Crippen LogP contribution in [-0.4, -0.2) is 25.5 Å². The first kappa shape index (κ1) is 19.0. The van der Waals surface area contributed by atoms with Crippen molar-refractivity contribution >= 4 is 11.9 Å². The zero-order valence-electron chi connectivity index (χ0n) is 14.1. The van der Waals surface area contributed by atoms with Gasteiger partial charge in [0.25, 0.3) is 0 Å². The monoisotopic (exact) mass is 320 g/mol. The molecule has 0 spiro atoms. The van der Waals surface area contributed by atoms with Crippen molar-refractivity contribution in [3.63, 3.8) is 0 Å². The lowest BCUT2D eigenvalue weighted by molar-refractivity contribution is -0.308. The highest BCUT2D eigenvalue weighted by molar-refractivity contribution is 5.84. The molecule has 1 N–H and O–H groups in total. The Morgan fingerprint density at radius 3 is 2.35 bits per heavy atom. The predicted molar refractivity (Wildman–Crippen MR) is 87.1 cm³/mol. The highest BCUT2D eigenvalue weighted by Crippen LogP contribution is 2.22. The highest BCUT2D eigenvalue weighted by atomic mass is 16.5. The third-order valence-corrected chi connectivity index (χ3v) is 3.68. The van der Waals surface area contributed by atoms with E-state index in [-0.39, 0.29) is 12.3 Å². The molecular weight excluding hydrogens is 294 g/mol. The Hall–Kier alpha value is -2.04. The molecule has 0 radical (unpaired) electrons. The zero-order chi connectivity index (χ0) is 17.2. The van der Waals surface area contributed by atoms with Gasteiger partial charge in [-0.05, 0) is 36.5 Å². The van der Waals surface area contributed by atoms with E-state index in [0.29, 0.717) is 23.8 Å². The van der Waals surface area contributed by atoms with Crippen LogP contribution in [0.25, 0.3) is 0 Å². The molecule has 0 aromatic heterocycles. The lowest BCUT2D eigenvalue weighted by Gasteiger charge is -2.18. The molecule has 1 aromatic rings. The molecule has 0 saturated heterocycles. The summed E-state index contributed by atoms with van der Waals surface area (Å²) in [4.78, 5) is 22.6. The first-order chi connectivity index (χ1) is 10.9. The number of carboxylic acid groups (broad SMARTS) is 1. The number of ether oxygens (including phenoxy) is 1. The Balaban J connectivity index is 2.53. The molecule has 0 aliphatic carbocycles. The molecule has 0 heterocycles. The van der Waals surface area contributed by atoms with Gasteiger partial charge < -0.3 is 20.0 Å². The fraction of sp³-hybridized carbons (Fsp3) is 0.556. The van der Waals surface area contributed by atoms with E-state index >= 15 is 0 Å². The number of unbranched alkanes of at least 4 members (excludes halogenated alkanes) is 1. The smallest absolute Gasteiger partial charge is 0.220 e. The minimum atomic E-state index is -1.25. The van der Waals surface area contributed by atoms with Crippen LogP contribution in [0.2, 0.25) is 0 Å². The van der Waals surface area contributed by atoms with E-state index in [9.17, 15) is 14.7 Å². The summed E-state index contributed by atoms with van der Waals surface area (Å²) in [6, 6.07) is 6.81. The van der Waals surface area contributed by atoms with Crippen molar-refractivity contribution in [2.45, 2.75) is 45.4 Å². The molecule has 0 fully saturated rings. The fourth-order valence-corrected chi connectivity index (χ4v) is 2.27. The Kier molecular flexibility index (Phi) is 8.16. The molecule has 0 bridgehead atoms. The average molecular weight is 320 g/mol. The number of rotatable bonds is 10. The number of carbonyl (C=O) groups is 2. The summed E-state index contributed by atoms with van der Waals surface area (Å²) in [5, 5.41) is 13.6. The Morgan fingerprint density at radius 1 is 1.17 bits per heavy atom. The molecule has 1 amide bonds. The number of aliphatic carboxylic acids is 1. The standard InChI is InChI=1S/C18H27NO4/c1-13(2)6-4-5-11-23-15-9-7-14(8-10-15)16(18(21)22)12-17(20)19-3/h7-10,13,16H,4-6,11-12H2,1-3H3,(H,19,20)(H,21,22)/p-1/t16-/m1/s1. The molecule has 0 aliphatic rings. The Bertz CT molecular complexity index is 496. The van der Waals surface area contributed by atoms with Gasteiger partial charge in [0.2, 0.25) is 5.91 Å². The molecule has 0 unspecified atom stereocenters. The SMILES string of the molecule is CNC(=O)C[C@@H](C(=O)[O-])c1ccc(OCCCCC(C)C)cc1. The van der Waals surface area contributed by atoms with Crippen LogP contribution in [0.5, 0.6) is 5.75 Å². The Labute approximate surface area is 138 Å². The highest BCUT2D eigenvalue weighted by Gasteiger charge is 2.16. The van der Waals surface area contributed by atoms with E-state index in [4.69, 9.17) is 4.74 Å². The summed E-state index contributed by atoms with van der Waals surface area (Å²) in [6.45, 7) is 5.05. The average Bonchev–Trinajstić information content (AvgIpc) is 2.52. The first-order valence-corrected chi connectivity index (χ1v) is 8.08. The van der Waals surface area contributed by atoms with Crippen LogP contribution < -0.4 is 15.2 Å². The zero-order valence-corrected chi connectivity index (χ0v) is 14.1. The van der Waals surface area contributed by atoms with Crippen molar-refractivity contribution in [3.8, 4) is 5.75 Å². The van der Waals surface area contributed by atoms with Gasteiger partial charge in [-0.25, -0.2) is 0 Å². The number of carboxylic acids is 1. The van der Waals surface area contributed by atoms with Crippen molar-refractivity contribution in [2.24, 2.45) is 5.92 Å². The number of nitrogens with one attached hydrogen (secondary N) is 1. The molecule has 23 heavy (non-hydrogen) atoms. The van der Waals surface area contributed by atoms with Crippen LogP contribution in [0.4, 0.5) is 0 Å². The number of hydrogen-bond donors (Lipinski definition) is 1. The van der Waals surface area contributed by atoms with Crippen molar-refractivity contribution in [1.29, 1.82) is 0 Å². The van der Waals surface area contributed by atoms with E-state index in [1.54, 1.807) is 24.3 Å². The first-order valence-electron chi connectivity index (χ1n) is 8.08. The number of amides is 1. The number of hydrogen-bond acceptors (Lipinski definition) is 4. The molecule has 1 atom stereocenters. The second-order valence-corrected chi connectivity index (χ2v) is 6.06. The van der Waals surface area contributed by atoms with E-state index in [1.807, 2.05) is 0 Å². The summed E-state index contributed by atoms with van der Waals surface area (Å²) in [5.41, 5.74) is 0.542. The summed E-state index contributed by atoms with van der Waals surface area (Å²) in [7, 11) is 1.48. The quantitative estimate of drug-likeness (QED) is 0.667. The molecule has 0 aliphatic heterocycles. The minimum Gasteiger partial charge on any atom is -0.549 e. The summed E-state index contributed by atoms with van der Waals surface area (Å²) in [6.07, 6.45) is 3.19. The normalized spacial score (nSPS) is 12.0. The summed E-state index contributed by atoms with van der Waals surface area (Å²) in [5.74, 6) is -1.12. The van der Waals surface area contributed by atoms with Gasteiger partial charge in [-0.3, -0.25) is 4.79 Å². The second kappa shape index (κ2) is 9.87. The molecule has 0 saturated carbocycles. The van der Waals surface area contributed by atoms with E-state index in [1.165, 1.54) is 13.5 Å². The predicted octanol–water partition coefficient (Wildman–Crippen LogP) is 1.86.